The van der Waals surface area contributed by atoms with Gasteiger partial charge in [0.05, 0.1) is 17.5 Å². The molecule has 3 rings (SSSR count). The fraction of sp³-hybridized carbons (Fsp3) is 0. The second kappa shape index (κ2) is 7.68. The van der Waals surface area contributed by atoms with Crippen LogP contribution in [0.3, 0.4) is 0 Å². The molecule has 2 heterocycles. The fourth-order valence-corrected chi connectivity index (χ4v) is 2.10. The fourth-order valence-electron chi connectivity index (χ4n) is 2.10. The molecule has 0 aliphatic carbocycles. The molecular weight excluding hydrogens is 332 g/mol. The lowest BCUT2D eigenvalue weighted by atomic mass is 10.1. The molecule has 0 unspecified atom stereocenters. The number of carboxylic acid groups (broad SMARTS) is 1. The minimum absolute atomic E-state index is 0.114. The zero-order valence-corrected chi connectivity index (χ0v) is 13.4. The number of nitriles is 1. The van der Waals surface area contributed by atoms with Crippen molar-refractivity contribution in [1.29, 1.82) is 5.26 Å². The van der Waals surface area contributed by atoms with Crippen LogP contribution in [0.4, 0.5) is 0 Å². The first kappa shape index (κ1) is 16.8. The number of carbonyl (C=O) groups is 1. The van der Waals surface area contributed by atoms with Crippen LogP contribution < -0.4 is 4.74 Å². The zero-order chi connectivity index (χ0) is 18.4. The first-order valence-corrected chi connectivity index (χ1v) is 7.52. The van der Waals surface area contributed by atoms with Crippen molar-refractivity contribution in [3.05, 3.63) is 77.5 Å². The summed E-state index contributed by atoms with van der Waals surface area (Å²) in [5, 5.41) is 18.1. The maximum atomic E-state index is 11.0. The average molecular weight is 344 g/mol. The second-order valence-electron chi connectivity index (χ2n) is 5.09. The number of aromatic carboxylic acids is 1. The highest BCUT2D eigenvalue weighted by molar-refractivity contribution is 5.86. The molecule has 0 aliphatic rings. The van der Waals surface area contributed by atoms with Gasteiger partial charge in [0.2, 0.25) is 5.88 Å². The average Bonchev–Trinajstić information content (AvgIpc) is 2.68. The summed E-state index contributed by atoms with van der Waals surface area (Å²) in [5.74, 6) is -0.148. The van der Waals surface area contributed by atoms with Crippen LogP contribution in [0, 0.1) is 11.3 Å². The highest BCUT2D eigenvalue weighted by Gasteiger charge is 2.08. The van der Waals surface area contributed by atoms with Crippen LogP contribution in [-0.2, 0) is 0 Å². The number of aromatic nitrogens is 3. The van der Waals surface area contributed by atoms with E-state index in [1.54, 1.807) is 30.5 Å². The Bertz CT molecular complexity index is 994. The molecule has 0 amide bonds. The third kappa shape index (κ3) is 4.07. The standard InChI is InChI=1S/C19H12N4O3/c20-11-14-4-8-17(19(24)25)23-16(14)7-3-13-1-5-15(6-2-13)26-18-12-21-9-10-22-18/h1-10,12H,(H,24,25)/b7-3+. The Labute approximate surface area is 148 Å². The topological polar surface area (TPSA) is 109 Å². The maximum absolute atomic E-state index is 11.0. The van der Waals surface area contributed by atoms with Gasteiger partial charge in [0.1, 0.15) is 17.5 Å². The Hall–Kier alpha value is -4.05. The molecule has 0 fully saturated rings. The van der Waals surface area contributed by atoms with E-state index in [-0.39, 0.29) is 5.69 Å². The van der Waals surface area contributed by atoms with Crippen LogP contribution in [0.1, 0.15) is 27.3 Å². The van der Waals surface area contributed by atoms with Gasteiger partial charge in [0.15, 0.2) is 0 Å². The Balaban J connectivity index is 1.78. The molecule has 1 N–H and O–H groups in total. The molecule has 126 valence electrons. The van der Waals surface area contributed by atoms with E-state index in [1.807, 2.05) is 18.2 Å². The highest BCUT2D eigenvalue weighted by atomic mass is 16.5. The molecule has 0 saturated heterocycles. The Kier molecular flexibility index (Phi) is 4.96. The third-order valence-corrected chi connectivity index (χ3v) is 3.34. The van der Waals surface area contributed by atoms with Gasteiger partial charge in [-0.15, -0.1) is 0 Å². The lowest BCUT2D eigenvalue weighted by Gasteiger charge is -2.04. The smallest absolute Gasteiger partial charge is 0.354 e. The summed E-state index contributed by atoms with van der Waals surface area (Å²) in [6.07, 6.45) is 7.95. The van der Waals surface area contributed by atoms with E-state index in [4.69, 9.17) is 15.1 Å². The number of carboxylic acids is 1. The van der Waals surface area contributed by atoms with Gasteiger partial charge in [-0.1, -0.05) is 18.2 Å². The van der Waals surface area contributed by atoms with E-state index >= 15 is 0 Å². The minimum atomic E-state index is -1.14. The third-order valence-electron chi connectivity index (χ3n) is 3.34. The van der Waals surface area contributed by atoms with E-state index < -0.39 is 5.97 Å². The summed E-state index contributed by atoms with van der Waals surface area (Å²) < 4.78 is 5.56. The molecule has 26 heavy (non-hydrogen) atoms. The molecule has 0 bridgehead atoms. The van der Waals surface area contributed by atoms with E-state index in [9.17, 15) is 4.79 Å². The molecule has 1 aromatic carbocycles. The van der Waals surface area contributed by atoms with E-state index in [1.165, 1.54) is 24.5 Å². The van der Waals surface area contributed by atoms with Crippen molar-refractivity contribution in [3.63, 3.8) is 0 Å². The number of hydrogen-bond acceptors (Lipinski definition) is 6. The SMILES string of the molecule is N#Cc1ccc(C(=O)O)nc1/C=C/c1ccc(Oc2cnccn2)cc1. The van der Waals surface area contributed by atoms with Gasteiger partial charge in [-0.2, -0.15) is 5.26 Å². The molecule has 0 saturated carbocycles. The van der Waals surface area contributed by atoms with Gasteiger partial charge in [-0.05, 0) is 35.9 Å². The van der Waals surface area contributed by atoms with Crippen molar-refractivity contribution >= 4 is 18.1 Å². The largest absolute Gasteiger partial charge is 0.477 e. The molecule has 0 aliphatic heterocycles. The van der Waals surface area contributed by atoms with E-state index in [2.05, 4.69) is 15.0 Å². The van der Waals surface area contributed by atoms with E-state index in [0.29, 0.717) is 22.9 Å². The summed E-state index contributed by atoms with van der Waals surface area (Å²) in [7, 11) is 0. The number of pyridine rings is 1. The molecule has 0 radical (unpaired) electrons. The van der Waals surface area contributed by atoms with Gasteiger partial charge < -0.3 is 9.84 Å². The molecule has 3 aromatic rings. The van der Waals surface area contributed by atoms with Crippen LogP contribution in [0.15, 0.2) is 55.0 Å². The molecule has 7 heteroatoms. The van der Waals surface area contributed by atoms with Gasteiger partial charge in [-0.3, -0.25) is 4.98 Å². The maximum Gasteiger partial charge on any atom is 0.354 e. The first-order valence-electron chi connectivity index (χ1n) is 7.52. The molecular formula is C19H12N4O3. The highest BCUT2D eigenvalue weighted by Crippen LogP contribution is 2.20. The van der Waals surface area contributed by atoms with Crippen molar-refractivity contribution in [2.75, 3.05) is 0 Å². The molecule has 0 atom stereocenters. The lowest BCUT2D eigenvalue weighted by Crippen LogP contribution is -2.02. The summed E-state index contributed by atoms with van der Waals surface area (Å²) in [5.41, 5.74) is 1.32. The summed E-state index contributed by atoms with van der Waals surface area (Å²) >= 11 is 0. The number of nitrogens with zero attached hydrogens (tertiary/aromatic N) is 4. The quantitative estimate of drug-likeness (QED) is 0.755. The minimum Gasteiger partial charge on any atom is -0.477 e. The van der Waals surface area contributed by atoms with Crippen molar-refractivity contribution in [1.82, 2.24) is 15.0 Å². The number of rotatable bonds is 5. The van der Waals surface area contributed by atoms with E-state index in [0.717, 1.165) is 5.56 Å². The van der Waals surface area contributed by atoms with Crippen molar-refractivity contribution in [3.8, 4) is 17.7 Å². The predicted octanol–water partition coefficient (Wildman–Crippen LogP) is 3.40. The monoisotopic (exact) mass is 344 g/mol. The van der Waals surface area contributed by atoms with Crippen molar-refractivity contribution in [2.45, 2.75) is 0 Å². The number of benzene rings is 1. The predicted molar refractivity (Wildman–Crippen MR) is 93.4 cm³/mol. The van der Waals surface area contributed by atoms with Gasteiger partial charge in [0, 0.05) is 12.4 Å². The van der Waals surface area contributed by atoms with Gasteiger partial charge >= 0.3 is 5.97 Å². The van der Waals surface area contributed by atoms with Crippen LogP contribution in [0.5, 0.6) is 11.6 Å². The lowest BCUT2D eigenvalue weighted by molar-refractivity contribution is 0.0690. The number of ether oxygens (including phenoxy) is 1. The van der Waals surface area contributed by atoms with Crippen LogP contribution in [0.25, 0.3) is 12.2 Å². The van der Waals surface area contributed by atoms with Crippen LogP contribution in [-0.4, -0.2) is 26.0 Å². The van der Waals surface area contributed by atoms with Crippen LogP contribution >= 0.6 is 0 Å². The summed E-state index contributed by atoms with van der Waals surface area (Å²) in [6, 6.07) is 11.9. The van der Waals surface area contributed by atoms with Crippen molar-refractivity contribution < 1.29 is 14.6 Å². The molecule has 2 aromatic heterocycles. The molecule has 7 nitrogen and oxygen atoms in total. The Morgan fingerprint density at radius 3 is 2.58 bits per heavy atom. The first-order chi connectivity index (χ1) is 12.7. The zero-order valence-electron chi connectivity index (χ0n) is 13.4. The second-order valence-corrected chi connectivity index (χ2v) is 5.09. The summed E-state index contributed by atoms with van der Waals surface area (Å²) in [4.78, 5) is 23.0. The normalized spacial score (nSPS) is 10.4. The van der Waals surface area contributed by atoms with Gasteiger partial charge in [0.25, 0.3) is 0 Å². The number of hydrogen-bond donors (Lipinski definition) is 1. The Morgan fingerprint density at radius 1 is 1.12 bits per heavy atom. The van der Waals surface area contributed by atoms with Gasteiger partial charge in [-0.25, -0.2) is 14.8 Å². The summed E-state index contributed by atoms with van der Waals surface area (Å²) in [6.45, 7) is 0. The van der Waals surface area contributed by atoms with Crippen molar-refractivity contribution in [2.24, 2.45) is 0 Å². The van der Waals surface area contributed by atoms with Crippen LogP contribution in [0.2, 0.25) is 0 Å². The molecule has 0 spiro atoms. The Morgan fingerprint density at radius 2 is 1.92 bits per heavy atom.